The monoisotopic (exact) mass is 217 g/mol. The minimum atomic E-state index is 0.469. The second kappa shape index (κ2) is 5.49. The third-order valence-electron chi connectivity index (χ3n) is 3.92. The molecule has 1 fully saturated rings. The molecule has 1 aromatic carbocycles. The van der Waals surface area contributed by atoms with E-state index in [4.69, 9.17) is 0 Å². The molecule has 0 aliphatic heterocycles. The molecular formula is C15H23N. The molecular weight excluding hydrogens is 194 g/mol. The molecule has 1 saturated carbocycles. The van der Waals surface area contributed by atoms with Crippen LogP contribution in [0.15, 0.2) is 30.3 Å². The van der Waals surface area contributed by atoms with Gasteiger partial charge in [0.25, 0.3) is 0 Å². The molecule has 2 atom stereocenters. The molecule has 0 heterocycles. The van der Waals surface area contributed by atoms with Crippen molar-refractivity contribution in [3.63, 3.8) is 0 Å². The number of hydrogen-bond donors (Lipinski definition) is 1. The lowest BCUT2D eigenvalue weighted by molar-refractivity contribution is 0.352. The van der Waals surface area contributed by atoms with Crippen LogP contribution in [0.3, 0.4) is 0 Å². The highest BCUT2D eigenvalue weighted by Crippen LogP contribution is 2.28. The van der Waals surface area contributed by atoms with Gasteiger partial charge >= 0.3 is 0 Å². The number of benzene rings is 1. The van der Waals surface area contributed by atoms with Crippen molar-refractivity contribution in [1.29, 1.82) is 0 Å². The van der Waals surface area contributed by atoms with Gasteiger partial charge in [-0.25, -0.2) is 0 Å². The first kappa shape index (κ1) is 11.7. The summed E-state index contributed by atoms with van der Waals surface area (Å²) in [5, 5.41) is 3.74. The molecule has 0 spiro atoms. The maximum Gasteiger partial charge on any atom is 0.0294 e. The Labute approximate surface area is 99.3 Å². The van der Waals surface area contributed by atoms with Crippen LogP contribution in [0.4, 0.5) is 0 Å². The van der Waals surface area contributed by atoms with E-state index in [1.165, 1.54) is 31.2 Å². The molecule has 0 radical (unpaired) electrons. The Balaban J connectivity index is 1.89. The molecule has 1 nitrogen and oxygen atoms in total. The van der Waals surface area contributed by atoms with Gasteiger partial charge in [0.2, 0.25) is 0 Å². The quantitative estimate of drug-likeness (QED) is 0.806. The molecule has 1 aliphatic carbocycles. The van der Waals surface area contributed by atoms with Crippen LogP contribution in [0.5, 0.6) is 0 Å². The van der Waals surface area contributed by atoms with Crippen molar-refractivity contribution in [1.82, 2.24) is 5.32 Å². The average Bonchev–Trinajstić information content (AvgIpc) is 2.83. The molecule has 0 aromatic heterocycles. The zero-order valence-electron chi connectivity index (χ0n) is 10.4. The summed E-state index contributed by atoms with van der Waals surface area (Å²) in [6.07, 6.45) is 5.68. The third-order valence-corrected chi connectivity index (χ3v) is 3.92. The van der Waals surface area contributed by atoms with Gasteiger partial charge < -0.3 is 5.32 Å². The van der Waals surface area contributed by atoms with Gasteiger partial charge in [-0.2, -0.15) is 0 Å². The molecule has 1 unspecified atom stereocenters. The molecule has 0 bridgehead atoms. The summed E-state index contributed by atoms with van der Waals surface area (Å²) >= 11 is 0. The summed E-state index contributed by atoms with van der Waals surface area (Å²) in [5.74, 6) is 0.895. The summed E-state index contributed by atoms with van der Waals surface area (Å²) in [6.45, 7) is 4.61. The fraction of sp³-hybridized carbons (Fsp3) is 0.600. The Morgan fingerprint density at radius 2 is 1.69 bits per heavy atom. The Bertz CT molecular complexity index is 300. The summed E-state index contributed by atoms with van der Waals surface area (Å²) in [6, 6.07) is 11.9. The smallest absolute Gasteiger partial charge is 0.0294 e. The molecule has 1 heteroatoms. The van der Waals surface area contributed by atoms with Crippen LogP contribution in [0.1, 0.15) is 51.1 Å². The normalized spacial score (nSPS) is 20.9. The van der Waals surface area contributed by atoms with Gasteiger partial charge in [-0.05, 0) is 38.2 Å². The van der Waals surface area contributed by atoms with E-state index >= 15 is 0 Å². The lowest BCUT2D eigenvalue weighted by Gasteiger charge is -2.25. The van der Waals surface area contributed by atoms with Gasteiger partial charge in [0.15, 0.2) is 0 Å². The Morgan fingerprint density at radius 1 is 1.06 bits per heavy atom. The average molecular weight is 217 g/mol. The van der Waals surface area contributed by atoms with Gasteiger partial charge in [-0.1, -0.05) is 43.2 Å². The van der Waals surface area contributed by atoms with Gasteiger partial charge in [0.1, 0.15) is 0 Å². The summed E-state index contributed by atoms with van der Waals surface area (Å²) in [5.41, 5.74) is 1.40. The largest absolute Gasteiger partial charge is 0.307 e. The number of hydrogen-bond acceptors (Lipinski definition) is 1. The lowest BCUT2D eigenvalue weighted by atomic mass is 9.98. The van der Waals surface area contributed by atoms with Crippen molar-refractivity contribution in [3.8, 4) is 0 Å². The highest BCUT2D eigenvalue weighted by Gasteiger charge is 2.22. The minimum Gasteiger partial charge on any atom is -0.307 e. The Hall–Kier alpha value is -0.820. The van der Waals surface area contributed by atoms with E-state index in [-0.39, 0.29) is 0 Å². The maximum atomic E-state index is 3.74. The van der Waals surface area contributed by atoms with Crippen LogP contribution in [-0.4, -0.2) is 6.04 Å². The van der Waals surface area contributed by atoms with Crippen molar-refractivity contribution in [2.45, 2.75) is 51.6 Å². The van der Waals surface area contributed by atoms with E-state index in [9.17, 15) is 0 Å². The first-order valence-corrected chi connectivity index (χ1v) is 6.58. The van der Waals surface area contributed by atoms with Gasteiger partial charge in [-0.15, -0.1) is 0 Å². The fourth-order valence-electron chi connectivity index (χ4n) is 2.83. The van der Waals surface area contributed by atoms with Gasteiger partial charge in [0.05, 0.1) is 0 Å². The second-order valence-corrected chi connectivity index (χ2v) is 5.13. The fourth-order valence-corrected chi connectivity index (χ4v) is 2.83. The topological polar surface area (TPSA) is 12.0 Å². The van der Waals surface area contributed by atoms with Crippen LogP contribution in [-0.2, 0) is 0 Å². The van der Waals surface area contributed by atoms with Crippen molar-refractivity contribution in [2.75, 3.05) is 0 Å². The summed E-state index contributed by atoms with van der Waals surface area (Å²) in [4.78, 5) is 0. The third kappa shape index (κ3) is 2.85. The molecule has 1 aromatic rings. The predicted molar refractivity (Wildman–Crippen MR) is 69.4 cm³/mol. The maximum absolute atomic E-state index is 3.74. The van der Waals surface area contributed by atoms with E-state index in [1.54, 1.807) is 0 Å². The van der Waals surface area contributed by atoms with E-state index < -0.39 is 0 Å². The first-order valence-electron chi connectivity index (χ1n) is 6.58. The highest BCUT2D eigenvalue weighted by molar-refractivity contribution is 5.18. The van der Waals surface area contributed by atoms with Gasteiger partial charge in [-0.3, -0.25) is 0 Å². The molecule has 1 N–H and O–H groups in total. The molecule has 1 aliphatic rings. The van der Waals surface area contributed by atoms with Crippen LogP contribution >= 0.6 is 0 Å². The van der Waals surface area contributed by atoms with Crippen molar-refractivity contribution in [2.24, 2.45) is 5.92 Å². The second-order valence-electron chi connectivity index (χ2n) is 5.13. The molecule has 0 amide bonds. The minimum absolute atomic E-state index is 0.469. The molecule has 0 saturated heterocycles. The van der Waals surface area contributed by atoms with Crippen molar-refractivity contribution in [3.05, 3.63) is 35.9 Å². The summed E-state index contributed by atoms with van der Waals surface area (Å²) in [7, 11) is 0. The van der Waals surface area contributed by atoms with Crippen molar-refractivity contribution >= 4 is 0 Å². The molecule has 2 rings (SSSR count). The van der Waals surface area contributed by atoms with Crippen LogP contribution < -0.4 is 5.32 Å². The van der Waals surface area contributed by atoms with Crippen molar-refractivity contribution < 1.29 is 0 Å². The van der Waals surface area contributed by atoms with E-state index in [1.807, 2.05) is 0 Å². The van der Waals surface area contributed by atoms with E-state index in [0.717, 1.165) is 5.92 Å². The van der Waals surface area contributed by atoms with E-state index in [2.05, 4.69) is 49.5 Å². The zero-order chi connectivity index (χ0) is 11.4. The number of rotatable bonds is 4. The zero-order valence-corrected chi connectivity index (χ0v) is 10.4. The Morgan fingerprint density at radius 3 is 2.31 bits per heavy atom. The predicted octanol–water partition coefficient (Wildman–Crippen LogP) is 3.92. The SMILES string of the molecule is CC(N[C@@H](C)C1CCCC1)c1ccccc1. The Kier molecular flexibility index (Phi) is 4.00. The summed E-state index contributed by atoms with van der Waals surface area (Å²) < 4.78 is 0. The standard InChI is InChI=1S/C15H23N/c1-12(14-8-4-3-5-9-14)16-13(2)15-10-6-7-11-15/h3-5,8-9,12-13,15-16H,6-7,10-11H2,1-2H3/t12?,13-/m0/s1. The van der Waals surface area contributed by atoms with Crippen LogP contribution in [0, 0.1) is 5.92 Å². The lowest BCUT2D eigenvalue weighted by Crippen LogP contribution is -2.34. The highest BCUT2D eigenvalue weighted by atomic mass is 14.9. The van der Waals surface area contributed by atoms with E-state index in [0.29, 0.717) is 12.1 Å². The van der Waals surface area contributed by atoms with Gasteiger partial charge in [0, 0.05) is 12.1 Å². The van der Waals surface area contributed by atoms with Crippen LogP contribution in [0.25, 0.3) is 0 Å². The molecule has 88 valence electrons. The number of nitrogens with one attached hydrogen (secondary N) is 1. The van der Waals surface area contributed by atoms with Crippen LogP contribution in [0.2, 0.25) is 0 Å². The molecule has 16 heavy (non-hydrogen) atoms. The first-order chi connectivity index (χ1) is 7.77.